The van der Waals surface area contributed by atoms with Crippen molar-refractivity contribution in [1.29, 1.82) is 0 Å². The van der Waals surface area contributed by atoms with Gasteiger partial charge in [0.1, 0.15) is 0 Å². The summed E-state index contributed by atoms with van der Waals surface area (Å²) in [6, 6.07) is 0. The van der Waals surface area contributed by atoms with Gasteiger partial charge in [-0.1, -0.05) is 27.7 Å². The van der Waals surface area contributed by atoms with Gasteiger partial charge >= 0.3 is 17.9 Å². The van der Waals surface area contributed by atoms with E-state index in [0.29, 0.717) is 6.42 Å². The molecular weight excluding hydrogens is 276 g/mol. The Kier molecular flexibility index (Phi) is 8.66. The average molecular weight is 302 g/mol. The van der Waals surface area contributed by atoms with Crippen molar-refractivity contribution >= 4 is 17.9 Å². The Balaban J connectivity index is 3.80. The minimum Gasteiger partial charge on any atom is -0.465 e. The molecule has 0 fully saturated rings. The lowest BCUT2D eigenvalue weighted by molar-refractivity contribution is -0.153. The molecule has 0 aliphatic rings. The molecule has 0 N–H and O–H groups in total. The van der Waals surface area contributed by atoms with Gasteiger partial charge in [-0.15, -0.1) is 0 Å². The predicted octanol–water partition coefficient (Wildman–Crippen LogP) is 2.10. The van der Waals surface area contributed by atoms with Crippen molar-refractivity contribution in [3.63, 3.8) is 0 Å². The van der Waals surface area contributed by atoms with E-state index in [1.807, 2.05) is 13.8 Å². The zero-order valence-corrected chi connectivity index (χ0v) is 13.6. The number of esters is 3. The maximum absolute atomic E-state index is 11.5. The lowest BCUT2D eigenvalue weighted by atomic mass is 9.96. The van der Waals surface area contributed by atoms with Crippen LogP contribution in [0.2, 0.25) is 0 Å². The molecule has 0 amide bonds. The van der Waals surface area contributed by atoms with Gasteiger partial charge in [0.05, 0.1) is 25.7 Å². The van der Waals surface area contributed by atoms with Gasteiger partial charge in [0.15, 0.2) is 0 Å². The van der Waals surface area contributed by atoms with Crippen molar-refractivity contribution in [3.8, 4) is 0 Å². The minimum atomic E-state index is -0.425. The number of rotatable bonds is 9. The molecule has 0 atom stereocenters. The molecule has 0 saturated carbocycles. The summed E-state index contributed by atoms with van der Waals surface area (Å²) in [5.41, 5.74) is -0.425. The first-order valence-corrected chi connectivity index (χ1v) is 7.09. The molecule has 0 heterocycles. The number of carbonyl (C=O) groups excluding carboxylic acids is 3. The zero-order valence-electron chi connectivity index (χ0n) is 13.6. The summed E-state index contributed by atoms with van der Waals surface area (Å²) in [6.45, 7) is 9.10. The van der Waals surface area contributed by atoms with E-state index in [2.05, 4.69) is 0 Å². The summed E-state index contributed by atoms with van der Waals surface area (Å²) < 4.78 is 15.0. The van der Waals surface area contributed by atoms with Crippen LogP contribution < -0.4 is 0 Å². The highest BCUT2D eigenvalue weighted by Gasteiger charge is 2.22. The third-order valence-electron chi connectivity index (χ3n) is 2.53. The Morgan fingerprint density at radius 1 is 1.00 bits per heavy atom. The van der Waals surface area contributed by atoms with Crippen LogP contribution >= 0.6 is 0 Å². The lowest BCUT2D eigenvalue weighted by Gasteiger charge is -2.23. The molecule has 0 aromatic heterocycles. The Morgan fingerprint density at radius 3 is 2.10 bits per heavy atom. The van der Waals surface area contributed by atoms with E-state index in [0.717, 1.165) is 0 Å². The Hall–Kier alpha value is -1.59. The zero-order chi connectivity index (χ0) is 16.5. The van der Waals surface area contributed by atoms with Crippen molar-refractivity contribution in [2.45, 2.75) is 47.5 Å². The van der Waals surface area contributed by atoms with E-state index >= 15 is 0 Å². The lowest BCUT2D eigenvalue weighted by Crippen LogP contribution is -2.28. The number of hydrogen-bond donors (Lipinski definition) is 0. The summed E-state index contributed by atoms with van der Waals surface area (Å²) in [5, 5.41) is 0. The van der Waals surface area contributed by atoms with Gasteiger partial charge in [0.2, 0.25) is 0 Å². The average Bonchev–Trinajstić information content (AvgIpc) is 2.39. The van der Waals surface area contributed by atoms with Crippen LogP contribution in [-0.2, 0) is 28.6 Å². The smallest absolute Gasteiger partial charge is 0.308 e. The summed E-state index contributed by atoms with van der Waals surface area (Å²) in [5.74, 6) is -1.15. The van der Waals surface area contributed by atoms with Crippen molar-refractivity contribution in [1.82, 2.24) is 0 Å². The number of ether oxygens (including phenoxy) is 3. The normalized spacial score (nSPS) is 11.1. The first kappa shape index (κ1) is 19.4. The first-order chi connectivity index (χ1) is 9.64. The van der Waals surface area contributed by atoms with Crippen LogP contribution in [0.5, 0.6) is 0 Å². The van der Waals surface area contributed by atoms with E-state index in [1.165, 1.54) is 6.92 Å². The van der Waals surface area contributed by atoms with Crippen LogP contribution in [0.4, 0.5) is 0 Å². The molecule has 0 bridgehead atoms. The van der Waals surface area contributed by atoms with E-state index < -0.39 is 5.41 Å². The predicted molar refractivity (Wildman–Crippen MR) is 76.4 cm³/mol. The molecule has 0 aromatic carbocycles. The summed E-state index contributed by atoms with van der Waals surface area (Å²) in [6.07, 6.45) is 0.622. The molecular formula is C15H26O6. The molecule has 0 aliphatic heterocycles. The van der Waals surface area contributed by atoms with Crippen molar-refractivity contribution < 1.29 is 28.6 Å². The molecule has 6 nitrogen and oxygen atoms in total. The third-order valence-corrected chi connectivity index (χ3v) is 2.53. The highest BCUT2D eigenvalue weighted by atomic mass is 16.5. The number of carbonyl (C=O) groups is 3. The standard InChI is InChI=1S/C15H26O6/c1-11(2)14(18)19-8-6-7-13(17)21-10-15(4,5)9-20-12(3)16/h11H,6-10H2,1-5H3. The van der Waals surface area contributed by atoms with Crippen molar-refractivity contribution in [3.05, 3.63) is 0 Å². The molecule has 0 unspecified atom stereocenters. The van der Waals surface area contributed by atoms with Gasteiger partial charge in [-0.25, -0.2) is 0 Å². The molecule has 6 heteroatoms. The quantitative estimate of drug-likeness (QED) is 0.369. The van der Waals surface area contributed by atoms with Crippen LogP contribution in [0.1, 0.15) is 47.5 Å². The monoisotopic (exact) mass is 302 g/mol. The first-order valence-electron chi connectivity index (χ1n) is 7.09. The SMILES string of the molecule is CC(=O)OCC(C)(C)COC(=O)CCCOC(=O)C(C)C. The second-order valence-corrected chi connectivity index (χ2v) is 6.03. The highest BCUT2D eigenvalue weighted by molar-refractivity contribution is 5.71. The third kappa shape index (κ3) is 10.8. The van der Waals surface area contributed by atoms with Crippen LogP contribution in [0.15, 0.2) is 0 Å². The van der Waals surface area contributed by atoms with Gasteiger partial charge in [-0.05, 0) is 6.42 Å². The molecule has 0 saturated heterocycles. The second kappa shape index (κ2) is 9.37. The van der Waals surface area contributed by atoms with Crippen molar-refractivity contribution in [2.24, 2.45) is 11.3 Å². The fourth-order valence-corrected chi connectivity index (χ4v) is 1.24. The van der Waals surface area contributed by atoms with Gasteiger partial charge in [-0.2, -0.15) is 0 Å². The maximum atomic E-state index is 11.5. The van der Waals surface area contributed by atoms with E-state index in [9.17, 15) is 14.4 Å². The Labute approximate surface area is 126 Å². The maximum Gasteiger partial charge on any atom is 0.308 e. The fourth-order valence-electron chi connectivity index (χ4n) is 1.24. The molecule has 0 spiro atoms. The molecule has 21 heavy (non-hydrogen) atoms. The van der Waals surface area contributed by atoms with E-state index in [4.69, 9.17) is 14.2 Å². The van der Waals surface area contributed by atoms with Gasteiger partial charge in [0.25, 0.3) is 0 Å². The van der Waals surface area contributed by atoms with Crippen LogP contribution in [0, 0.1) is 11.3 Å². The minimum absolute atomic E-state index is 0.168. The molecule has 0 aliphatic carbocycles. The highest BCUT2D eigenvalue weighted by Crippen LogP contribution is 2.16. The van der Waals surface area contributed by atoms with Crippen molar-refractivity contribution in [2.75, 3.05) is 19.8 Å². The summed E-state index contributed by atoms with van der Waals surface area (Å²) in [4.78, 5) is 33.5. The largest absolute Gasteiger partial charge is 0.465 e. The number of hydrogen-bond acceptors (Lipinski definition) is 6. The molecule has 0 radical (unpaired) electrons. The van der Waals surface area contributed by atoms with Gasteiger partial charge < -0.3 is 14.2 Å². The summed E-state index contributed by atoms with van der Waals surface area (Å²) in [7, 11) is 0. The topological polar surface area (TPSA) is 78.9 Å². The molecule has 0 rings (SSSR count). The molecule has 0 aromatic rings. The Morgan fingerprint density at radius 2 is 1.57 bits per heavy atom. The van der Waals surface area contributed by atoms with Gasteiger partial charge in [0, 0.05) is 18.8 Å². The summed E-state index contributed by atoms with van der Waals surface area (Å²) >= 11 is 0. The fraction of sp³-hybridized carbons (Fsp3) is 0.800. The van der Waals surface area contributed by atoms with E-state index in [-0.39, 0.29) is 50.1 Å². The van der Waals surface area contributed by atoms with Crippen LogP contribution in [0.3, 0.4) is 0 Å². The van der Waals surface area contributed by atoms with Crippen LogP contribution in [-0.4, -0.2) is 37.7 Å². The second-order valence-electron chi connectivity index (χ2n) is 6.03. The Bertz CT molecular complexity index is 359. The van der Waals surface area contributed by atoms with Crippen LogP contribution in [0.25, 0.3) is 0 Å². The van der Waals surface area contributed by atoms with Gasteiger partial charge in [-0.3, -0.25) is 14.4 Å². The van der Waals surface area contributed by atoms with E-state index in [1.54, 1.807) is 13.8 Å². The molecule has 122 valence electrons.